The number of hydrogen-bond acceptors (Lipinski definition) is 4. The first kappa shape index (κ1) is 14.4. The molecule has 0 saturated carbocycles. The van der Waals surface area contributed by atoms with Gasteiger partial charge in [-0.3, -0.25) is 0 Å². The second kappa shape index (κ2) is 6.50. The van der Waals surface area contributed by atoms with Crippen LogP contribution in [0.3, 0.4) is 0 Å². The van der Waals surface area contributed by atoms with Crippen molar-refractivity contribution in [2.24, 2.45) is 0 Å². The SMILES string of the molecule is CCCNC(c1ccc2c(c1)CCO2)c1sccc1OC. The summed E-state index contributed by atoms with van der Waals surface area (Å²) in [5.74, 6) is 2.00. The van der Waals surface area contributed by atoms with E-state index in [0.29, 0.717) is 0 Å². The van der Waals surface area contributed by atoms with Gasteiger partial charge in [0.15, 0.2) is 0 Å². The van der Waals surface area contributed by atoms with Gasteiger partial charge in [-0.05, 0) is 41.6 Å². The van der Waals surface area contributed by atoms with Crippen molar-refractivity contribution in [1.82, 2.24) is 5.32 Å². The van der Waals surface area contributed by atoms with Gasteiger partial charge in [-0.15, -0.1) is 11.3 Å². The van der Waals surface area contributed by atoms with E-state index >= 15 is 0 Å². The Labute approximate surface area is 129 Å². The molecule has 1 aliphatic rings. The number of fused-ring (bicyclic) bond motifs is 1. The highest BCUT2D eigenvalue weighted by molar-refractivity contribution is 7.10. The molecule has 0 aliphatic carbocycles. The Bertz CT molecular complexity index is 609. The minimum Gasteiger partial charge on any atom is -0.496 e. The minimum atomic E-state index is 0.186. The number of hydrogen-bond donors (Lipinski definition) is 1. The van der Waals surface area contributed by atoms with Gasteiger partial charge in [0.05, 0.1) is 24.6 Å². The molecule has 1 N–H and O–H groups in total. The summed E-state index contributed by atoms with van der Waals surface area (Å²) in [6, 6.07) is 8.76. The van der Waals surface area contributed by atoms with Crippen molar-refractivity contribution in [1.29, 1.82) is 0 Å². The number of thiophene rings is 1. The van der Waals surface area contributed by atoms with Crippen molar-refractivity contribution in [3.63, 3.8) is 0 Å². The first-order chi connectivity index (χ1) is 10.3. The van der Waals surface area contributed by atoms with Gasteiger partial charge >= 0.3 is 0 Å². The summed E-state index contributed by atoms with van der Waals surface area (Å²) in [6.45, 7) is 3.97. The van der Waals surface area contributed by atoms with Crippen LogP contribution in [0.15, 0.2) is 29.6 Å². The van der Waals surface area contributed by atoms with Crippen LogP contribution in [0.4, 0.5) is 0 Å². The largest absolute Gasteiger partial charge is 0.496 e. The Morgan fingerprint density at radius 3 is 3.10 bits per heavy atom. The molecule has 0 spiro atoms. The summed E-state index contributed by atoms with van der Waals surface area (Å²) in [7, 11) is 1.74. The van der Waals surface area contributed by atoms with Crippen molar-refractivity contribution < 1.29 is 9.47 Å². The Balaban J connectivity index is 1.95. The van der Waals surface area contributed by atoms with Crippen molar-refractivity contribution in [2.75, 3.05) is 20.3 Å². The molecule has 3 rings (SSSR count). The van der Waals surface area contributed by atoms with E-state index in [4.69, 9.17) is 9.47 Å². The number of rotatable bonds is 6. The third kappa shape index (κ3) is 2.92. The van der Waals surface area contributed by atoms with Gasteiger partial charge in [-0.1, -0.05) is 19.1 Å². The average molecular weight is 303 g/mol. The summed E-state index contributed by atoms with van der Waals surface area (Å²) in [5.41, 5.74) is 2.60. The second-order valence-corrected chi connectivity index (χ2v) is 6.15. The molecule has 112 valence electrons. The minimum absolute atomic E-state index is 0.186. The highest BCUT2D eigenvalue weighted by Crippen LogP contribution is 2.37. The van der Waals surface area contributed by atoms with Gasteiger partial charge in [0.2, 0.25) is 0 Å². The van der Waals surface area contributed by atoms with Crippen LogP contribution in [-0.2, 0) is 6.42 Å². The van der Waals surface area contributed by atoms with Gasteiger partial charge in [0.25, 0.3) is 0 Å². The lowest BCUT2D eigenvalue weighted by atomic mass is 10.0. The second-order valence-electron chi connectivity index (χ2n) is 5.21. The van der Waals surface area contributed by atoms with Gasteiger partial charge < -0.3 is 14.8 Å². The molecule has 0 radical (unpaired) electrons. The topological polar surface area (TPSA) is 30.5 Å². The quantitative estimate of drug-likeness (QED) is 0.881. The third-order valence-electron chi connectivity index (χ3n) is 3.78. The number of methoxy groups -OCH3 is 1. The van der Waals surface area contributed by atoms with Crippen molar-refractivity contribution in [3.8, 4) is 11.5 Å². The summed E-state index contributed by atoms with van der Waals surface area (Å²) >= 11 is 1.74. The van der Waals surface area contributed by atoms with Crippen LogP contribution >= 0.6 is 11.3 Å². The summed E-state index contributed by atoms with van der Waals surface area (Å²) in [5, 5.41) is 5.73. The molecule has 0 saturated heterocycles. The molecule has 1 atom stereocenters. The lowest BCUT2D eigenvalue weighted by Gasteiger charge is -2.20. The zero-order valence-electron chi connectivity index (χ0n) is 12.5. The highest BCUT2D eigenvalue weighted by atomic mass is 32.1. The maximum Gasteiger partial charge on any atom is 0.134 e. The molecular weight excluding hydrogens is 282 g/mol. The normalized spacial score (nSPS) is 14.6. The maximum absolute atomic E-state index is 5.61. The summed E-state index contributed by atoms with van der Waals surface area (Å²) in [6.07, 6.45) is 2.11. The molecule has 0 amide bonds. The summed E-state index contributed by atoms with van der Waals surface area (Å²) in [4.78, 5) is 1.24. The predicted molar refractivity (Wildman–Crippen MR) is 86.6 cm³/mol. The van der Waals surface area contributed by atoms with Crippen molar-refractivity contribution in [2.45, 2.75) is 25.8 Å². The van der Waals surface area contributed by atoms with Crippen LogP contribution in [0.1, 0.15) is 35.4 Å². The Kier molecular flexibility index (Phi) is 4.46. The predicted octanol–water partition coefficient (Wildman–Crippen LogP) is 3.78. The number of benzene rings is 1. The van der Waals surface area contributed by atoms with E-state index in [-0.39, 0.29) is 6.04 Å². The zero-order valence-corrected chi connectivity index (χ0v) is 13.3. The zero-order chi connectivity index (χ0) is 14.7. The van der Waals surface area contributed by atoms with Crippen LogP contribution in [0, 0.1) is 0 Å². The molecule has 0 fully saturated rings. The highest BCUT2D eigenvalue weighted by Gasteiger charge is 2.21. The fourth-order valence-electron chi connectivity index (χ4n) is 2.72. The third-order valence-corrected chi connectivity index (χ3v) is 4.75. The van der Waals surface area contributed by atoms with E-state index in [1.165, 1.54) is 16.0 Å². The smallest absolute Gasteiger partial charge is 0.134 e. The number of ether oxygens (including phenoxy) is 2. The Morgan fingerprint density at radius 2 is 2.29 bits per heavy atom. The van der Waals surface area contributed by atoms with Crippen LogP contribution in [0.25, 0.3) is 0 Å². The van der Waals surface area contributed by atoms with Gasteiger partial charge in [-0.2, -0.15) is 0 Å². The average Bonchev–Trinajstić information content (AvgIpc) is 3.15. The molecule has 2 aromatic rings. The van der Waals surface area contributed by atoms with E-state index in [9.17, 15) is 0 Å². The molecule has 4 heteroatoms. The Morgan fingerprint density at radius 1 is 1.38 bits per heavy atom. The molecule has 21 heavy (non-hydrogen) atoms. The molecule has 0 bridgehead atoms. The van der Waals surface area contributed by atoms with Gasteiger partial charge in [-0.25, -0.2) is 0 Å². The lowest BCUT2D eigenvalue weighted by molar-refractivity contribution is 0.357. The van der Waals surface area contributed by atoms with Crippen LogP contribution in [0.2, 0.25) is 0 Å². The van der Waals surface area contributed by atoms with E-state index in [1.807, 2.05) is 6.07 Å². The fourth-order valence-corrected chi connectivity index (χ4v) is 3.69. The molecule has 1 aromatic heterocycles. The Hall–Kier alpha value is -1.52. The molecule has 1 unspecified atom stereocenters. The first-order valence-corrected chi connectivity index (χ1v) is 8.31. The first-order valence-electron chi connectivity index (χ1n) is 7.44. The van der Waals surface area contributed by atoms with E-state index < -0.39 is 0 Å². The van der Waals surface area contributed by atoms with Crippen LogP contribution in [-0.4, -0.2) is 20.3 Å². The lowest BCUT2D eigenvalue weighted by Crippen LogP contribution is -2.22. The van der Waals surface area contributed by atoms with E-state index in [1.54, 1.807) is 18.4 Å². The molecule has 3 nitrogen and oxygen atoms in total. The summed E-state index contributed by atoms with van der Waals surface area (Å²) < 4.78 is 11.1. The molecule has 1 aliphatic heterocycles. The van der Waals surface area contributed by atoms with Crippen molar-refractivity contribution in [3.05, 3.63) is 45.6 Å². The van der Waals surface area contributed by atoms with Crippen LogP contribution in [0.5, 0.6) is 11.5 Å². The van der Waals surface area contributed by atoms with Crippen molar-refractivity contribution >= 4 is 11.3 Å². The molecule has 1 aromatic carbocycles. The standard InChI is InChI=1S/C17H21NO2S/c1-3-8-18-16(17-15(19-2)7-10-21-17)13-4-5-14-12(11-13)6-9-20-14/h4-5,7,10-11,16,18H,3,6,8-9H2,1-2H3. The molecular formula is C17H21NO2S. The monoisotopic (exact) mass is 303 g/mol. The fraction of sp³-hybridized carbons (Fsp3) is 0.412. The number of nitrogens with one attached hydrogen (secondary N) is 1. The maximum atomic E-state index is 5.61. The van der Waals surface area contributed by atoms with Gasteiger partial charge in [0.1, 0.15) is 11.5 Å². The van der Waals surface area contributed by atoms with E-state index in [0.717, 1.165) is 37.5 Å². The van der Waals surface area contributed by atoms with Crippen LogP contribution < -0.4 is 14.8 Å². The molecule has 2 heterocycles. The van der Waals surface area contributed by atoms with E-state index in [2.05, 4.69) is 35.8 Å². The van der Waals surface area contributed by atoms with Gasteiger partial charge in [0, 0.05) is 6.42 Å².